The Balaban J connectivity index is 1.54. The third-order valence-corrected chi connectivity index (χ3v) is 6.33. The molecule has 142 valence electrons. The van der Waals surface area contributed by atoms with Gasteiger partial charge in [-0.2, -0.15) is 0 Å². The highest BCUT2D eigenvalue weighted by Gasteiger charge is 2.19. The number of pyridine rings is 1. The van der Waals surface area contributed by atoms with Crippen molar-refractivity contribution in [1.29, 1.82) is 0 Å². The van der Waals surface area contributed by atoms with Crippen LogP contribution in [-0.4, -0.2) is 14.4 Å². The van der Waals surface area contributed by atoms with Crippen molar-refractivity contribution < 1.29 is 0 Å². The van der Waals surface area contributed by atoms with Crippen LogP contribution in [0.4, 0.5) is 0 Å². The van der Waals surface area contributed by atoms with Crippen molar-refractivity contribution in [3.05, 3.63) is 103 Å². The average molecular weight is 404 g/mol. The Morgan fingerprint density at radius 3 is 2.13 bits per heavy atom. The molecule has 30 heavy (non-hydrogen) atoms. The van der Waals surface area contributed by atoms with E-state index in [0.29, 0.717) is 0 Å². The highest BCUT2D eigenvalue weighted by atomic mass is 32.1. The lowest BCUT2D eigenvalue weighted by atomic mass is 10.0. The van der Waals surface area contributed by atoms with Crippen molar-refractivity contribution in [3.8, 4) is 33.1 Å². The van der Waals surface area contributed by atoms with Crippen molar-refractivity contribution in [1.82, 2.24) is 14.4 Å². The second-order valence-corrected chi connectivity index (χ2v) is 8.20. The van der Waals surface area contributed by atoms with Crippen molar-refractivity contribution in [2.24, 2.45) is 0 Å². The van der Waals surface area contributed by atoms with Gasteiger partial charge < -0.3 is 0 Å². The van der Waals surface area contributed by atoms with E-state index in [1.54, 1.807) is 11.3 Å². The molecule has 0 radical (unpaired) electrons. The van der Waals surface area contributed by atoms with Crippen molar-refractivity contribution >= 4 is 27.2 Å². The second-order valence-electron chi connectivity index (χ2n) is 7.17. The van der Waals surface area contributed by atoms with E-state index < -0.39 is 0 Å². The van der Waals surface area contributed by atoms with Gasteiger partial charge in [0.2, 0.25) is 0 Å². The number of rotatable bonds is 3. The van der Waals surface area contributed by atoms with Crippen LogP contribution < -0.4 is 0 Å². The van der Waals surface area contributed by atoms with E-state index in [4.69, 9.17) is 9.97 Å². The number of imidazole rings is 1. The van der Waals surface area contributed by atoms with Crippen LogP contribution in [0.1, 0.15) is 0 Å². The molecule has 3 aromatic heterocycles. The summed E-state index contributed by atoms with van der Waals surface area (Å²) >= 11 is 1.71. The molecule has 0 N–H and O–H groups in total. The molecule has 0 saturated heterocycles. The lowest BCUT2D eigenvalue weighted by Gasteiger charge is -2.05. The molecule has 3 aromatic carbocycles. The van der Waals surface area contributed by atoms with Crippen LogP contribution >= 0.6 is 11.3 Å². The van der Waals surface area contributed by atoms with E-state index in [0.717, 1.165) is 33.1 Å². The molecule has 0 fully saturated rings. The first-order valence-electron chi connectivity index (χ1n) is 9.86. The minimum absolute atomic E-state index is 0.925. The van der Waals surface area contributed by atoms with Gasteiger partial charge in [0.05, 0.1) is 15.9 Å². The summed E-state index contributed by atoms with van der Waals surface area (Å²) in [7, 11) is 0. The standard InChI is InChI=1S/C26H17N3S/c1-2-8-18(9-3-1)19-13-15-20(16-14-19)24-25(29-17-7-6-12-23(29)28-24)26-27-21-10-4-5-11-22(21)30-26/h1-17H. The molecule has 6 rings (SSSR count). The summed E-state index contributed by atoms with van der Waals surface area (Å²) in [6.45, 7) is 0. The zero-order valence-corrected chi connectivity index (χ0v) is 16.9. The summed E-state index contributed by atoms with van der Waals surface area (Å²) in [4.78, 5) is 9.88. The van der Waals surface area contributed by atoms with Crippen LogP contribution in [0.2, 0.25) is 0 Å². The summed E-state index contributed by atoms with van der Waals surface area (Å²) < 4.78 is 3.32. The third-order valence-electron chi connectivity index (χ3n) is 5.29. The molecule has 4 heteroatoms. The van der Waals surface area contributed by atoms with E-state index >= 15 is 0 Å². The molecular formula is C26H17N3S. The fraction of sp³-hybridized carbons (Fsp3) is 0. The van der Waals surface area contributed by atoms with Crippen LogP contribution in [-0.2, 0) is 0 Å². The van der Waals surface area contributed by atoms with Gasteiger partial charge >= 0.3 is 0 Å². The van der Waals surface area contributed by atoms with Crippen molar-refractivity contribution in [2.45, 2.75) is 0 Å². The van der Waals surface area contributed by atoms with Gasteiger partial charge in [-0.05, 0) is 35.4 Å². The Hall–Kier alpha value is -3.76. The van der Waals surface area contributed by atoms with Crippen LogP contribution in [0.5, 0.6) is 0 Å². The molecule has 0 spiro atoms. The molecule has 0 unspecified atom stereocenters. The highest BCUT2D eigenvalue weighted by Crippen LogP contribution is 2.37. The minimum Gasteiger partial charge on any atom is -0.297 e. The maximum atomic E-state index is 4.96. The van der Waals surface area contributed by atoms with Crippen LogP contribution in [0.3, 0.4) is 0 Å². The molecule has 0 saturated carbocycles. The van der Waals surface area contributed by atoms with Gasteiger partial charge in [-0.15, -0.1) is 11.3 Å². The molecule has 0 aliphatic rings. The predicted octanol–water partition coefficient (Wildman–Crippen LogP) is 6.95. The number of thiazole rings is 1. The van der Waals surface area contributed by atoms with Gasteiger partial charge in [-0.1, -0.05) is 72.8 Å². The molecule has 3 nitrogen and oxygen atoms in total. The van der Waals surface area contributed by atoms with Crippen LogP contribution in [0.15, 0.2) is 103 Å². The van der Waals surface area contributed by atoms with Crippen LogP contribution in [0.25, 0.3) is 48.9 Å². The number of nitrogens with zero attached hydrogens (tertiary/aromatic N) is 3. The minimum atomic E-state index is 0.925. The monoisotopic (exact) mass is 403 g/mol. The van der Waals surface area contributed by atoms with Crippen molar-refractivity contribution in [2.75, 3.05) is 0 Å². The molecule has 0 atom stereocenters. The molecule has 0 aliphatic heterocycles. The zero-order chi connectivity index (χ0) is 19.9. The first-order valence-corrected chi connectivity index (χ1v) is 10.7. The number of aromatic nitrogens is 3. The first kappa shape index (κ1) is 17.1. The van der Waals surface area contributed by atoms with Gasteiger partial charge in [0.15, 0.2) is 0 Å². The Morgan fingerprint density at radius 2 is 1.30 bits per heavy atom. The Kier molecular flexibility index (Phi) is 3.96. The van der Waals surface area contributed by atoms with Gasteiger partial charge in [0, 0.05) is 11.8 Å². The van der Waals surface area contributed by atoms with Gasteiger partial charge in [-0.25, -0.2) is 9.97 Å². The molecule has 0 aliphatic carbocycles. The number of para-hydroxylation sites is 1. The van der Waals surface area contributed by atoms with E-state index in [-0.39, 0.29) is 0 Å². The zero-order valence-electron chi connectivity index (χ0n) is 16.1. The lowest BCUT2D eigenvalue weighted by Crippen LogP contribution is -1.88. The average Bonchev–Trinajstić information content (AvgIpc) is 3.41. The summed E-state index contributed by atoms with van der Waals surface area (Å²) in [6.07, 6.45) is 2.06. The van der Waals surface area contributed by atoms with Gasteiger partial charge in [0.25, 0.3) is 0 Å². The molecule has 0 bridgehead atoms. The van der Waals surface area contributed by atoms with E-state index in [1.165, 1.54) is 15.8 Å². The maximum Gasteiger partial charge on any atom is 0.143 e. The Bertz CT molecular complexity index is 1440. The maximum absolute atomic E-state index is 4.96. The molecule has 6 aromatic rings. The van der Waals surface area contributed by atoms with Gasteiger partial charge in [-0.3, -0.25) is 4.40 Å². The largest absolute Gasteiger partial charge is 0.297 e. The SMILES string of the molecule is c1ccc(-c2ccc(-c3nc4ccccn4c3-c3nc4ccccc4s3)cc2)cc1. The lowest BCUT2D eigenvalue weighted by molar-refractivity contribution is 1.18. The van der Waals surface area contributed by atoms with Gasteiger partial charge in [0.1, 0.15) is 16.3 Å². The summed E-state index contributed by atoms with van der Waals surface area (Å²) in [6, 6.07) is 33.4. The quantitative estimate of drug-likeness (QED) is 0.320. The van der Waals surface area contributed by atoms with Crippen molar-refractivity contribution in [3.63, 3.8) is 0 Å². The van der Waals surface area contributed by atoms with E-state index in [9.17, 15) is 0 Å². The smallest absolute Gasteiger partial charge is 0.143 e. The third kappa shape index (κ3) is 2.81. The molecule has 3 heterocycles. The number of hydrogen-bond acceptors (Lipinski definition) is 3. The fourth-order valence-corrected chi connectivity index (χ4v) is 4.83. The number of fused-ring (bicyclic) bond motifs is 2. The topological polar surface area (TPSA) is 30.2 Å². The van der Waals surface area contributed by atoms with E-state index in [2.05, 4.69) is 77.3 Å². The number of benzene rings is 3. The molecular weight excluding hydrogens is 386 g/mol. The molecule has 0 amide bonds. The second kappa shape index (κ2) is 6.94. The normalized spacial score (nSPS) is 11.3. The Morgan fingerprint density at radius 1 is 0.600 bits per heavy atom. The Labute approximate surface area is 177 Å². The summed E-state index contributed by atoms with van der Waals surface area (Å²) in [5.41, 5.74) is 7.45. The highest BCUT2D eigenvalue weighted by molar-refractivity contribution is 7.21. The fourth-order valence-electron chi connectivity index (χ4n) is 3.83. The summed E-state index contributed by atoms with van der Waals surface area (Å²) in [5.74, 6) is 0. The predicted molar refractivity (Wildman–Crippen MR) is 125 cm³/mol. The van der Waals surface area contributed by atoms with E-state index in [1.807, 2.05) is 30.3 Å². The number of hydrogen-bond donors (Lipinski definition) is 0. The summed E-state index contributed by atoms with van der Waals surface area (Å²) in [5, 5.41) is 0.983. The first-order chi connectivity index (χ1) is 14.9. The van der Waals surface area contributed by atoms with Crippen LogP contribution in [0, 0.1) is 0 Å².